The second-order valence-electron chi connectivity index (χ2n) is 3.44. The van der Waals surface area contributed by atoms with Crippen molar-refractivity contribution < 1.29 is 9.53 Å². The molecule has 0 N–H and O–H groups in total. The molecular formula is C11H13NO2S. The Labute approximate surface area is 93.0 Å². The summed E-state index contributed by atoms with van der Waals surface area (Å²) in [7, 11) is 1.58. The topological polar surface area (TPSA) is 29.5 Å². The van der Waals surface area contributed by atoms with E-state index in [0.29, 0.717) is 6.54 Å². The number of nitrogens with zero attached hydrogens (tertiary/aromatic N) is 1. The Morgan fingerprint density at radius 3 is 3.07 bits per heavy atom. The van der Waals surface area contributed by atoms with Crippen LogP contribution in [0, 0.1) is 0 Å². The molecule has 0 aromatic carbocycles. The Bertz CT molecular complexity index is 361. The van der Waals surface area contributed by atoms with Gasteiger partial charge in [0.05, 0.1) is 6.04 Å². The van der Waals surface area contributed by atoms with E-state index < -0.39 is 0 Å². The molecule has 2 atom stereocenters. The lowest BCUT2D eigenvalue weighted by Crippen LogP contribution is -2.59. The molecule has 2 heterocycles. The second kappa shape index (κ2) is 4.16. The minimum absolute atomic E-state index is 0.0496. The molecule has 1 amide bonds. The van der Waals surface area contributed by atoms with Gasteiger partial charge in [0.25, 0.3) is 5.91 Å². The monoisotopic (exact) mass is 223 g/mol. The summed E-state index contributed by atoms with van der Waals surface area (Å²) >= 11 is 1.63. The van der Waals surface area contributed by atoms with Crippen LogP contribution in [0.3, 0.4) is 0 Å². The van der Waals surface area contributed by atoms with Crippen LogP contribution in [0.15, 0.2) is 29.5 Å². The maximum absolute atomic E-state index is 11.6. The summed E-state index contributed by atoms with van der Waals surface area (Å²) in [5.41, 5.74) is 1.15. The highest BCUT2D eigenvalue weighted by Crippen LogP contribution is 2.37. The Balaban J connectivity index is 2.20. The van der Waals surface area contributed by atoms with Crippen LogP contribution in [0.25, 0.3) is 0 Å². The normalized spacial score (nSPS) is 25.1. The summed E-state index contributed by atoms with van der Waals surface area (Å²) in [6.45, 7) is 4.23. The number of likely N-dealkylation sites (tertiary alicyclic amines) is 1. The molecule has 3 nitrogen and oxygen atoms in total. The molecule has 1 fully saturated rings. The lowest BCUT2D eigenvalue weighted by atomic mass is 9.92. The van der Waals surface area contributed by atoms with E-state index in [0.717, 1.165) is 5.56 Å². The van der Waals surface area contributed by atoms with Gasteiger partial charge in [-0.05, 0) is 22.4 Å². The number of methoxy groups -OCH3 is 1. The quantitative estimate of drug-likeness (QED) is 0.575. The van der Waals surface area contributed by atoms with Crippen molar-refractivity contribution in [3.05, 3.63) is 35.0 Å². The van der Waals surface area contributed by atoms with Gasteiger partial charge in [-0.25, -0.2) is 0 Å². The zero-order valence-electron chi connectivity index (χ0n) is 8.55. The van der Waals surface area contributed by atoms with Crippen LogP contribution >= 0.6 is 11.3 Å². The van der Waals surface area contributed by atoms with Crippen LogP contribution in [0.2, 0.25) is 0 Å². The number of hydrogen-bond acceptors (Lipinski definition) is 3. The molecule has 1 aliphatic rings. The minimum atomic E-state index is -0.320. The molecule has 0 radical (unpaired) electrons. The third-order valence-electron chi connectivity index (χ3n) is 2.61. The molecule has 1 aliphatic heterocycles. The van der Waals surface area contributed by atoms with Crippen LogP contribution in [-0.2, 0) is 9.53 Å². The van der Waals surface area contributed by atoms with E-state index in [1.807, 2.05) is 11.4 Å². The summed E-state index contributed by atoms with van der Waals surface area (Å²) in [5, 5.41) is 4.07. The predicted molar refractivity (Wildman–Crippen MR) is 59.8 cm³/mol. The molecule has 1 aromatic heterocycles. The van der Waals surface area contributed by atoms with Crippen molar-refractivity contribution in [3.63, 3.8) is 0 Å². The maximum Gasteiger partial charge on any atom is 0.255 e. The summed E-state index contributed by atoms with van der Waals surface area (Å²) in [6, 6.07) is 2.09. The smallest absolute Gasteiger partial charge is 0.255 e. The molecule has 0 bridgehead atoms. The molecule has 15 heavy (non-hydrogen) atoms. The van der Waals surface area contributed by atoms with Crippen molar-refractivity contribution in [2.24, 2.45) is 0 Å². The third-order valence-corrected chi connectivity index (χ3v) is 3.31. The molecule has 0 spiro atoms. The lowest BCUT2D eigenvalue weighted by Gasteiger charge is -2.45. The Morgan fingerprint density at radius 2 is 2.53 bits per heavy atom. The van der Waals surface area contributed by atoms with E-state index in [4.69, 9.17) is 4.74 Å². The number of ether oxygens (including phenoxy) is 1. The summed E-state index contributed by atoms with van der Waals surface area (Å²) < 4.78 is 5.19. The van der Waals surface area contributed by atoms with Gasteiger partial charge in [-0.15, -0.1) is 6.58 Å². The summed E-state index contributed by atoms with van der Waals surface area (Å²) in [5.74, 6) is 0.0496. The molecule has 4 heteroatoms. The average molecular weight is 223 g/mol. The number of carbonyl (C=O) groups is 1. The van der Waals surface area contributed by atoms with E-state index in [1.54, 1.807) is 29.4 Å². The summed E-state index contributed by atoms with van der Waals surface area (Å²) in [4.78, 5) is 13.4. The molecule has 0 saturated carbocycles. The van der Waals surface area contributed by atoms with Crippen LogP contribution in [0.4, 0.5) is 0 Å². The second-order valence-corrected chi connectivity index (χ2v) is 4.22. The number of amides is 1. The SMILES string of the molecule is C=CCN1C(=O)[C@H](OC)[C@@H]1c1ccsc1. The van der Waals surface area contributed by atoms with Crippen molar-refractivity contribution in [2.45, 2.75) is 12.1 Å². The highest BCUT2D eigenvalue weighted by molar-refractivity contribution is 7.08. The van der Waals surface area contributed by atoms with Gasteiger partial charge < -0.3 is 9.64 Å². The Kier molecular flexibility index (Phi) is 2.88. The molecule has 80 valence electrons. The third kappa shape index (κ3) is 1.60. The molecule has 1 aromatic rings. The fourth-order valence-electron chi connectivity index (χ4n) is 1.89. The lowest BCUT2D eigenvalue weighted by molar-refractivity contribution is -0.169. The van der Waals surface area contributed by atoms with E-state index in [2.05, 4.69) is 12.0 Å². The zero-order chi connectivity index (χ0) is 10.8. The highest BCUT2D eigenvalue weighted by atomic mass is 32.1. The summed E-state index contributed by atoms with van der Waals surface area (Å²) in [6.07, 6.45) is 1.42. The van der Waals surface area contributed by atoms with Crippen molar-refractivity contribution in [3.8, 4) is 0 Å². The first-order valence-corrected chi connectivity index (χ1v) is 5.70. The van der Waals surface area contributed by atoms with Gasteiger partial charge in [-0.3, -0.25) is 4.79 Å². The van der Waals surface area contributed by atoms with Gasteiger partial charge in [-0.2, -0.15) is 11.3 Å². The number of thiophene rings is 1. The number of hydrogen-bond donors (Lipinski definition) is 0. The van der Waals surface area contributed by atoms with Crippen molar-refractivity contribution in [2.75, 3.05) is 13.7 Å². The van der Waals surface area contributed by atoms with Gasteiger partial charge in [-0.1, -0.05) is 6.08 Å². The zero-order valence-corrected chi connectivity index (χ0v) is 9.37. The van der Waals surface area contributed by atoms with Crippen LogP contribution < -0.4 is 0 Å². The largest absolute Gasteiger partial charge is 0.369 e. The predicted octanol–water partition coefficient (Wildman–Crippen LogP) is 1.83. The van der Waals surface area contributed by atoms with Gasteiger partial charge in [0.15, 0.2) is 6.10 Å². The first kappa shape index (κ1) is 10.4. The fourth-order valence-corrected chi connectivity index (χ4v) is 2.58. The minimum Gasteiger partial charge on any atom is -0.369 e. The first-order chi connectivity index (χ1) is 7.29. The van der Waals surface area contributed by atoms with Crippen molar-refractivity contribution in [1.82, 2.24) is 4.90 Å². The number of β-lactam (4-membered cyclic amide) rings is 1. The highest BCUT2D eigenvalue weighted by Gasteiger charge is 2.47. The van der Waals surface area contributed by atoms with Gasteiger partial charge in [0.1, 0.15) is 0 Å². The standard InChI is InChI=1S/C11H13NO2S/c1-3-5-12-9(8-4-6-15-7-8)10(14-2)11(12)13/h3-4,6-7,9-10H,1,5H2,2H3/t9-,10+/m0/s1. The van der Waals surface area contributed by atoms with E-state index >= 15 is 0 Å². The van der Waals surface area contributed by atoms with Crippen molar-refractivity contribution >= 4 is 17.2 Å². The molecule has 2 rings (SSSR count). The molecular weight excluding hydrogens is 210 g/mol. The van der Waals surface area contributed by atoms with Crippen LogP contribution in [-0.4, -0.2) is 30.6 Å². The molecule has 0 aliphatic carbocycles. The average Bonchev–Trinajstić information content (AvgIpc) is 2.74. The van der Waals surface area contributed by atoms with E-state index in [9.17, 15) is 4.79 Å². The van der Waals surface area contributed by atoms with Crippen LogP contribution in [0.5, 0.6) is 0 Å². The number of carbonyl (C=O) groups excluding carboxylic acids is 1. The number of rotatable bonds is 4. The van der Waals surface area contributed by atoms with Gasteiger partial charge in [0.2, 0.25) is 0 Å². The maximum atomic E-state index is 11.6. The Morgan fingerprint density at radius 1 is 1.73 bits per heavy atom. The van der Waals surface area contributed by atoms with Crippen LogP contribution in [0.1, 0.15) is 11.6 Å². The van der Waals surface area contributed by atoms with Gasteiger partial charge >= 0.3 is 0 Å². The van der Waals surface area contributed by atoms with E-state index in [-0.39, 0.29) is 18.1 Å². The fraction of sp³-hybridized carbons (Fsp3) is 0.364. The van der Waals surface area contributed by atoms with E-state index in [1.165, 1.54) is 0 Å². The Hall–Kier alpha value is -1.13. The molecule has 1 saturated heterocycles. The first-order valence-electron chi connectivity index (χ1n) is 4.76. The van der Waals surface area contributed by atoms with Gasteiger partial charge in [0, 0.05) is 13.7 Å². The molecule has 0 unspecified atom stereocenters. The van der Waals surface area contributed by atoms with Crippen molar-refractivity contribution in [1.29, 1.82) is 0 Å².